The number of nitrogens with two attached hydrogens (primary N) is 1. The Morgan fingerprint density at radius 1 is 1.14 bits per heavy atom. The summed E-state index contributed by atoms with van der Waals surface area (Å²) in [5.41, 5.74) is 8.72. The molecule has 2 unspecified atom stereocenters. The highest BCUT2D eigenvalue weighted by molar-refractivity contribution is 5.89. The van der Waals surface area contributed by atoms with Crippen LogP contribution in [0.5, 0.6) is 11.5 Å². The second-order valence-electron chi connectivity index (χ2n) is 9.08. The van der Waals surface area contributed by atoms with Crippen LogP contribution in [0.2, 0.25) is 0 Å². The molecule has 2 bridgehead atoms. The highest BCUT2D eigenvalue weighted by Gasteiger charge is 2.52. The number of likely N-dealkylation sites (tertiary alicyclic amines) is 2. The number of hydrogen-bond donors (Lipinski definition) is 1. The van der Waals surface area contributed by atoms with Gasteiger partial charge in [-0.1, -0.05) is 24.8 Å². The standard InChI is InChI=1S/C27H26N6O2/c1-3-22(34)33-18-15-21(31(2)16-18)24(33)27-30-23(25-26(28)29-13-14-32(25)27)17-9-11-20(12-10-17)35-19-7-5-4-6-8-19/h3-14,18,21,24H,1,15-16H2,2H3,(H2,28,29)/t18?,21-,24?/m0/s1. The van der Waals surface area contributed by atoms with Crippen LogP contribution < -0.4 is 10.5 Å². The van der Waals surface area contributed by atoms with E-state index < -0.39 is 0 Å². The van der Waals surface area contributed by atoms with Crippen LogP contribution in [0.4, 0.5) is 5.82 Å². The molecular weight excluding hydrogens is 440 g/mol. The lowest BCUT2D eigenvalue weighted by atomic mass is 10.1. The van der Waals surface area contributed by atoms with Crippen molar-refractivity contribution in [1.29, 1.82) is 0 Å². The van der Waals surface area contributed by atoms with Crippen molar-refractivity contribution >= 4 is 17.2 Å². The molecule has 35 heavy (non-hydrogen) atoms. The van der Waals surface area contributed by atoms with Crippen LogP contribution in [0.15, 0.2) is 79.6 Å². The van der Waals surface area contributed by atoms with E-state index in [1.54, 1.807) is 6.20 Å². The van der Waals surface area contributed by atoms with Gasteiger partial charge in [0.15, 0.2) is 0 Å². The number of carbonyl (C=O) groups excluding carboxylic acids is 1. The lowest BCUT2D eigenvalue weighted by molar-refractivity contribution is -0.131. The number of ether oxygens (including phenoxy) is 1. The Labute approximate surface area is 203 Å². The van der Waals surface area contributed by atoms with Gasteiger partial charge in [0.25, 0.3) is 0 Å². The minimum absolute atomic E-state index is 0.0710. The Kier molecular flexibility index (Phi) is 5.04. The topological polar surface area (TPSA) is 89.0 Å². The normalized spacial score (nSPS) is 21.5. The average molecular weight is 467 g/mol. The molecule has 2 aliphatic heterocycles. The lowest BCUT2D eigenvalue weighted by Gasteiger charge is -2.38. The minimum Gasteiger partial charge on any atom is -0.457 e. The molecule has 4 heterocycles. The van der Waals surface area contributed by atoms with Crippen molar-refractivity contribution in [3.63, 3.8) is 0 Å². The highest BCUT2D eigenvalue weighted by atomic mass is 16.5. The number of anilines is 1. The van der Waals surface area contributed by atoms with Gasteiger partial charge in [0, 0.05) is 36.6 Å². The average Bonchev–Trinajstić information content (AvgIpc) is 3.56. The molecule has 2 aliphatic rings. The summed E-state index contributed by atoms with van der Waals surface area (Å²) in [5.74, 6) is 2.60. The van der Waals surface area contributed by atoms with E-state index in [2.05, 4.69) is 23.5 Å². The summed E-state index contributed by atoms with van der Waals surface area (Å²) in [6.07, 6.45) is 5.85. The molecule has 1 amide bonds. The van der Waals surface area contributed by atoms with Crippen LogP contribution in [0.25, 0.3) is 16.8 Å². The zero-order chi connectivity index (χ0) is 24.1. The van der Waals surface area contributed by atoms with Crippen LogP contribution >= 0.6 is 0 Å². The number of amides is 1. The molecule has 0 spiro atoms. The molecule has 2 aromatic carbocycles. The van der Waals surface area contributed by atoms with Crippen LogP contribution in [0.1, 0.15) is 18.3 Å². The maximum atomic E-state index is 12.9. The molecule has 0 radical (unpaired) electrons. The quantitative estimate of drug-likeness (QED) is 0.449. The molecule has 2 N–H and O–H groups in total. The van der Waals surface area contributed by atoms with Gasteiger partial charge in [0.1, 0.15) is 40.4 Å². The first-order valence-electron chi connectivity index (χ1n) is 11.7. The van der Waals surface area contributed by atoms with Crippen molar-refractivity contribution in [1.82, 2.24) is 24.2 Å². The summed E-state index contributed by atoms with van der Waals surface area (Å²) < 4.78 is 7.92. The van der Waals surface area contributed by atoms with Crippen molar-refractivity contribution < 1.29 is 9.53 Å². The van der Waals surface area contributed by atoms with Gasteiger partial charge >= 0.3 is 0 Å². The number of nitrogen functional groups attached to an aromatic ring is 1. The first-order valence-corrected chi connectivity index (χ1v) is 11.7. The Bertz CT molecular complexity index is 1420. The van der Waals surface area contributed by atoms with Gasteiger partial charge in [0.2, 0.25) is 5.91 Å². The molecular formula is C27H26N6O2. The van der Waals surface area contributed by atoms with Crippen molar-refractivity contribution in [2.24, 2.45) is 0 Å². The SMILES string of the molecule is C=CC(=O)N1C2C[C@@H](C1c1nc(-c3ccc(Oc4ccccc4)cc3)c3c(N)nccn13)N(C)C2. The van der Waals surface area contributed by atoms with Crippen LogP contribution in [0, 0.1) is 0 Å². The number of nitrogens with zero attached hydrogens (tertiary/aromatic N) is 5. The molecule has 8 heteroatoms. The largest absolute Gasteiger partial charge is 0.457 e. The molecule has 8 nitrogen and oxygen atoms in total. The van der Waals surface area contributed by atoms with E-state index in [4.69, 9.17) is 15.5 Å². The van der Waals surface area contributed by atoms with Crippen molar-refractivity contribution in [2.75, 3.05) is 19.3 Å². The lowest BCUT2D eigenvalue weighted by Crippen LogP contribution is -2.49. The molecule has 0 aliphatic carbocycles. The number of piperazine rings is 1. The number of hydrogen-bond acceptors (Lipinski definition) is 6. The first-order chi connectivity index (χ1) is 17.0. The third-order valence-electron chi connectivity index (χ3n) is 7.05. The van der Waals surface area contributed by atoms with E-state index >= 15 is 0 Å². The van der Waals surface area contributed by atoms with Crippen molar-refractivity contribution in [3.05, 3.63) is 85.5 Å². The predicted octanol–water partition coefficient (Wildman–Crippen LogP) is 3.91. The van der Waals surface area contributed by atoms with E-state index in [9.17, 15) is 4.79 Å². The molecule has 2 aromatic heterocycles. The smallest absolute Gasteiger partial charge is 0.246 e. The molecule has 4 aromatic rings. The van der Waals surface area contributed by atoms with Gasteiger partial charge < -0.3 is 15.4 Å². The van der Waals surface area contributed by atoms with Gasteiger partial charge in [-0.2, -0.15) is 0 Å². The fourth-order valence-electron chi connectivity index (χ4n) is 5.51. The fourth-order valence-corrected chi connectivity index (χ4v) is 5.51. The van der Waals surface area contributed by atoms with Gasteiger partial charge in [-0.25, -0.2) is 9.97 Å². The third-order valence-corrected chi connectivity index (χ3v) is 7.05. The van der Waals surface area contributed by atoms with E-state index in [0.717, 1.165) is 47.1 Å². The van der Waals surface area contributed by atoms with E-state index in [1.807, 2.05) is 70.1 Å². The summed E-state index contributed by atoms with van der Waals surface area (Å²) in [4.78, 5) is 26.5. The zero-order valence-electron chi connectivity index (χ0n) is 19.4. The van der Waals surface area contributed by atoms with Gasteiger partial charge in [-0.05, 0) is 55.9 Å². The Morgan fingerprint density at radius 3 is 2.63 bits per heavy atom. The number of carbonyl (C=O) groups is 1. The first kappa shape index (κ1) is 21.4. The number of benzene rings is 2. The monoisotopic (exact) mass is 466 g/mol. The summed E-state index contributed by atoms with van der Waals surface area (Å²) in [6, 6.07) is 17.5. The van der Waals surface area contributed by atoms with E-state index in [-0.39, 0.29) is 24.0 Å². The number of aromatic nitrogens is 3. The van der Waals surface area contributed by atoms with E-state index in [0.29, 0.717) is 5.82 Å². The number of fused-ring (bicyclic) bond motifs is 3. The van der Waals surface area contributed by atoms with Crippen molar-refractivity contribution in [3.8, 4) is 22.8 Å². The van der Waals surface area contributed by atoms with Crippen LogP contribution in [0.3, 0.4) is 0 Å². The highest BCUT2D eigenvalue weighted by Crippen LogP contribution is 2.45. The summed E-state index contributed by atoms with van der Waals surface area (Å²) in [6.45, 7) is 4.58. The third kappa shape index (κ3) is 3.45. The van der Waals surface area contributed by atoms with Gasteiger partial charge in [0.05, 0.1) is 0 Å². The molecule has 0 saturated carbocycles. The summed E-state index contributed by atoms with van der Waals surface area (Å²) >= 11 is 0. The van der Waals surface area contributed by atoms with Crippen LogP contribution in [-0.2, 0) is 4.79 Å². The Hall–Kier alpha value is -4.17. The molecule has 2 fully saturated rings. The minimum atomic E-state index is -0.201. The number of likely N-dealkylation sites (N-methyl/N-ethyl adjacent to an activating group) is 1. The maximum absolute atomic E-state index is 12.9. The number of para-hydroxylation sites is 1. The second kappa shape index (κ2) is 8.25. The van der Waals surface area contributed by atoms with E-state index in [1.165, 1.54) is 6.08 Å². The molecule has 2 saturated heterocycles. The van der Waals surface area contributed by atoms with Gasteiger partial charge in [-0.3, -0.25) is 14.1 Å². The fraction of sp³-hybridized carbons (Fsp3) is 0.222. The molecule has 6 rings (SSSR count). The predicted molar refractivity (Wildman–Crippen MR) is 134 cm³/mol. The summed E-state index contributed by atoms with van der Waals surface area (Å²) in [7, 11) is 2.10. The molecule has 176 valence electrons. The van der Waals surface area contributed by atoms with Crippen LogP contribution in [-0.4, -0.2) is 55.8 Å². The number of rotatable bonds is 5. The molecule has 3 atom stereocenters. The van der Waals surface area contributed by atoms with Gasteiger partial charge in [-0.15, -0.1) is 0 Å². The second-order valence-corrected chi connectivity index (χ2v) is 9.08. The maximum Gasteiger partial charge on any atom is 0.246 e. The zero-order valence-corrected chi connectivity index (χ0v) is 19.4. The Morgan fingerprint density at radius 2 is 1.89 bits per heavy atom. The Balaban J connectivity index is 1.43. The van der Waals surface area contributed by atoms with Crippen molar-refractivity contribution in [2.45, 2.75) is 24.5 Å². The number of imidazole rings is 1. The summed E-state index contributed by atoms with van der Waals surface area (Å²) in [5, 5.41) is 0.